The fourth-order valence-electron chi connectivity index (χ4n) is 3.56. The van der Waals surface area contributed by atoms with Crippen molar-refractivity contribution in [3.8, 4) is 5.69 Å². The molecule has 4 rings (SSSR count). The third-order valence-electron chi connectivity index (χ3n) is 5.18. The van der Waals surface area contributed by atoms with E-state index in [0.717, 1.165) is 43.3 Å². The molecule has 1 unspecified atom stereocenters. The van der Waals surface area contributed by atoms with Gasteiger partial charge in [-0.25, -0.2) is 0 Å². The molecule has 0 bridgehead atoms. The number of hydrogen-bond donors (Lipinski definition) is 0. The number of aromatic nitrogens is 3. The zero-order valence-corrected chi connectivity index (χ0v) is 18.6. The van der Waals surface area contributed by atoms with Gasteiger partial charge in [0, 0.05) is 30.8 Å². The Morgan fingerprint density at radius 1 is 1.10 bits per heavy atom. The van der Waals surface area contributed by atoms with E-state index in [0.29, 0.717) is 10.2 Å². The van der Waals surface area contributed by atoms with Gasteiger partial charge in [-0.2, -0.15) is 0 Å². The van der Waals surface area contributed by atoms with Gasteiger partial charge in [0.25, 0.3) is 0 Å². The Labute approximate surface area is 185 Å². The van der Waals surface area contributed by atoms with Gasteiger partial charge in [0.1, 0.15) is 0 Å². The summed E-state index contributed by atoms with van der Waals surface area (Å²) >= 11 is 7.67. The van der Waals surface area contributed by atoms with Crippen LogP contribution in [0, 0.1) is 0 Å². The number of benzene rings is 2. The molecule has 1 aliphatic heterocycles. The van der Waals surface area contributed by atoms with E-state index < -0.39 is 0 Å². The molecule has 1 fully saturated rings. The maximum atomic E-state index is 13.0. The molecular weight excluding hydrogens is 418 g/mol. The molecule has 156 valence electrons. The van der Waals surface area contributed by atoms with Crippen molar-refractivity contribution >= 4 is 40.9 Å². The fraction of sp³-hybridized carbons (Fsp3) is 0.318. The topological polar surface area (TPSA) is 54.3 Å². The molecule has 0 saturated carbocycles. The summed E-state index contributed by atoms with van der Waals surface area (Å²) in [6.45, 7) is 3.81. The highest BCUT2D eigenvalue weighted by Crippen LogP contribution is 2.32. The van der Waals surface area contributed by atoms with Crippen LogP contribution in [0.5, 0.6) is 0 Å². The number of para-hydroxylation sites is 1. The van der Waals surface area contributed by atoms with Gasteiger partial charge >= 0.3 is 0 Å². The minimum absolute atomic E-state index is 0.00886. The van der Waals surface area contributed by atoms with E-state index >= 15 is 0 Å². The highest BCUT2D eigenvalue weighted by atomic mass is 35.5. The summed E-state index contributed by atoms with van der Waals surface area (Å²) in [5.41, 5.74) is 1.76. The Bertz CT molecular complexity index is 1020. The number of carbonyl (C=O) groups is 1. The first kappa shape index (κ1) is 20.8. The van der Waals surface area contributed by atoms with Gasteiger partial charge in [-0.05, 0) is 50.1 Å². The van der Waals surface area contributed by atoms with Crippen molar-refractivity contribution in [3.63, 3.8) is 0 Å². The molecule has 0 N–H and O–H groups in total. The van der Waals surface area contributed by atoms with Crippen LogP contribution < -0.4 is 9.80 Å². The van der Waals surface area contributed by atoms with Gasteiger partial charge in [-0.1, -0.05) is 47.6 Å². The fourth-order valence-corrected chi connectivity index (χ4v) is 4.70. The van der Waals surface area contributed by atoms with Crippen molar-refractivity contribution in [2.45, 2.75) is 30.2 Å². The standard InChI is InChI=1S/C22H24ClN5OS/c1-16(20(29)26(2)18-10-4-3-5-11-18)30-22-25-24-21(27-13-6-7-14-27)28(22)19-12-8-9-17(23)15-19/h3-5,8-12,15-16H,6-7,13-14H2,1-2H3. The summed E-state index contributed by atoms with van der Waals surface area (Å²) in [5.74, 6) is 0.808. The molecule has 3 aromatic rings. The van der Waals surface area contributed by atoms with Crippen molar-refractivity contribution in [3.05, 3.63) is 59.6 Å². The molecule has 1 saturated heterocycles. The second-order valence-electron chi connectivity index (χ2n) is 7.28. The van der Waals surface area contributed by atoms with Crippen molar-refractivity contribution in [2.75, 3.05) is 29.9 Å². The number of anilines is 2. The number of halogens is 1. The molecule has 1 atom stereocenters. The van der Waals surface area contributed by atoms with Crippen LogP contribution in [-0.4, -0.2) is 46.1 Å². The molecule has 6 nitrogen and oxygen atoms in total. The molecular formula is C22H24ClN5OS. The third kappa shape index (κ3) is 4.32. The van der Waals surface area contributed by atoms with E-state index in [-0.39, 0.29) is 11.2 Å². The molecule has 1 aliphatic rings. The zero-order chi connectivity index (χ0) is 21.1. The number of carbonyl (C=O) groups excluding carboxylic acids is 1. The molecule has 1 amide bonds. The van der Waals surface area contributed by atoms with Crippen LogP contribution in [0.4, 0.5) is 11.6 Å². The number of rotatable bonds is 6. The maximum Gasteiger partial charge on any atom is 0.240 e. The summed E-state index contributed by atoms with van der Waals surface area (Å²) in [4.78, 5) is 16.9. The van der Waals surface area contributed by atoms with Crippen LogP contribution >= 0.6 is 23.4 Å². The lowest BCUT2D eigenvalue weighted by Gasteiger charge is -2.22. The van der Waals surface area contributed by atoms with Crippen molar-refractivity contribution < 1.29 is 4.79 Å². The first-order valence-electron chi connectivity index (χ1n) is 10.00. The van der Waals surface area contributed by atoms with E-state index in [1.54, 1.807) is 11.9 Å². The van der Waals surface area contributed by atoms with Gasteiger partial charge in [0.2, 0.25) is 11.9 Å². The lowest BCUT2D eigenvalue weighted by Crippen LogP contribution is -2.33. The SMILES string of the molecule is CC(Sc1nnc(N2CCCC2)n1-c1cccc(Cl)c1)C(=O)N(C)c1ccccc1. The van der Waals surface area contributed by atoms with Crippen LogP contribution in [0.25, 0.3) is 5.69 Å². The summed E-state index contributed by atoms with van der Waals surface area (Å²) in [6.07, 6.45) is 2.28. The second-order valence-corrected chi connectivity index (χ2v) is 9.03. The maximum absolute atomic E-state index is 13.0. The average Bonchev–Trinajstić information content (AvgIpc) is 3.43. The Kier molecular flexibility index (Phi) is 6.29. The molecule has 0 aliphatic carbocycles. The van der Waals surface area contributed by atoms with Crippen LogP contribution in [0.15, 0.2) is 59.8 Å². The summed E-state index contributed by atoms with van der Waals surface area (Å²) in [7, 11) is 1.80. The smallest absolute Gasteiger partial charge is 0.240 e. The van der Waals surface area contributed by atoms with Gasteiger partial charge < -0.3 is 9.80 Å². The lowest BCUT2D eigenvalue weighted by atomic mass is 10.3. The normalized spacial score (nSPS) is 14.7. The molecule has 2 heterocycles. The molecule has 0 spiro atoms. The van der Waals surface area contributed by atoms with Crippen molar-refractivity contribution in [2.24, 2.45) is 0 Å². The van der Waals surface area contributed by atoms with E-state index in [4.69, 9.17) is 11.6 Å². The molecule has 0 radical (unpaired) electrons. The largest absolute Gasteiger partial charge is 0.341 e. The molecule has 8 heteroatoms. The van der Waals surface area contributed by atoms with Crippen LogP contribution in [0.3, 0.4) is 0 Å². The minimum atomic E-state index is -0.330. The first-order chi connectivity index (χ1) is 14.5. The molecule has 30 heavy (non-hydrogen) atoms. The summed E-state index contributed by atoms with van der Waals surface area (Å²) in [6, 6.07) is 17.3. The number of thioether (sulfide) groups is 1. The Morgan fingerprint density at radius 2 is 1.83 bits per heavy atom. The van der Waals surface area contributed by atoms with Gasteiger partial charge in [-0.15, -0.1) is 10.2 Å². The Balaban J connectivity index is 1.63. The van der Waals surface area contributed by atoms with Crippen molar-refractivity contribution in [1.29, 1.82) is 0 Å². The van der Waals surface area contributed by atoms with Crippen LogP contribution in [-0.2, 0) is 4.79 Å². The summed E-state index contributed by atoms with van der Waals surface area (Å²) < 4.78 is 2.01. The van der Waals surface area contributed by atoms with Crippen LogP contribution in [0.1, 0.15) is 19.8 Å². The minimum Gasteiger partial charge on any atom is -0.341 e. The monoisotopic (exact) mass is 441 g/mol. The predicted octanol–water partition coefficient (Wildman–Crippen LogP) is 4.66. The molecule has 1 aromatic heterocycles. The Hall–Kier alpha value is -2.51. The van der Waals surface area contributed by atoms with Gasteiger partial charge in [0.05, 0.1) is 10.9 Å². The second kappa shape index (κ2) is 9.10. The van der Waals surface area contributed by atoms with E-state index in [1.807, 2.05) is 66.1 Å². The van der Waals surface area contributed by atoms with Gasteiger partial charge in [-0.3, -0.25) is 9.36 Å². The van der Waals surface area contributed by atoms with E-state index in [2.05, 4.69) is 15.1 Å². The lowest BCUT2D eigenvalue weighted by molar-refractivity contribution is -0.117. The van der Waals surface area contributed by atoms with Crippen molar-refractivity contribution in [1.82, 2.24) is 14.8 Å². The predicted molar refractivity (Wildman–Crippen MR) is 123 cm³/mol. The number of hydrogen-bond acceptors (Lipinski definition) is 5. The third-order valence-corrected chi connectivity index (χ3v) is 6.44. The van der Waals surface area contributed by atoms with E-state index in [1.165, 1.54) is 11.8 Å². The summed E-state index contributed by atoms with van der Waals surface area (Å²) in [5, 5.41) is 9.91. The Morgan fingerprint density at radius 3 is 2.53 bits per heavy atom. The zero-order valence-electron chi connectivity index (χ0n) is 17.0. The molecule has 2 aromatic carbocycles. The number of amides is 1. The number of nitrogens with zero attached hydrogens (tertiary/aromatic N) is 5. The van der Waals surface area contributed by atoms with Crippen LogP contribution in [0.2, 0.25) is 5.02 Å². The average molecular weight is 442 g/mol. The highest BCUT2D eigenvalue weighted by molar-refractivity contribution is 8.00. The van der Waals surface area contributed by atoms with E-state index in [9.17, 15) is 4.79 Å². The highest BCUT2D eigenvalue weighted by Gasteiger charge is 2.26. The quantitative estimate of drug-likeness (QED) is 0.520. The first-order valence-corrected chi connectivity index (χ1v) is 11.3. The van der Waals surface area contributed by atoms with Gasteiger partial charge in [0.15, 0.2) is 5.16 Å².